The van der Waals surface area contributed by atoms with Crippen LogP contribution in [-0.2, 0) is 38.4 Å². The maximum Gasteiger partial charge on any atom is 0.242 e. The minimum Gasteiger partial charge on any atom is -0.370 e. The van der Waals surface area contributed by atoms with Crippen molar-refractivity contribution in [2.45, 2.75) is 102 Å². The number of nitrogens with two attached hydrogens (primary N) is 1. The number of nitrogens with zero attached hydrogens (tertiary/aromatic N) is 1. The van der Waals surface area contributed by atoms with Crippen molar-refractivity contribution in [3.63, 3.8) is 0 Å². The number of unbranched alkanes of at least 4 members (excludes halogenated alkanes) is 2. The van der Waals surface area contributed by atoms with Gasteiger partial charge in [-0.2, -0.15) is 0 Å². The monoisotopic (exact) mass is 668 g/mol. The van der Waals surface area contributed by atoms with Crippen LogP contribution in [0, 0.1) is 0 Å². The van der Waals surface area contributed by atoms with Gasteiger partial charge in [0.15, 0.2) is 7.85 Å². The van der Waals surface area contributed by atoms with Gasteiger partial charge in [-0.25, -0.2) is 0 Å². The maximum absolute atomic E-state index is 12.5. The van der Waals surface area contributed by atoms with Crippen LogP contribution in [0.5, 0.6) is 0 Å². The molecule has 0 aromatic heterocycles. The topological polar surface area (TPSA) is 214 Å². The molecule has 0 saturated carbocycles. The molecule has 0 aromatic carbocycles. The molecule has 0 spiro atoms. The van der Waals surface area contributed by atoms with E-state index < -0.39 is 41.1 Å². The van der Waals surface area contributed by atoms with Gasteiger partial charge in [0.05, 0.1) is 16.8 Å². The van der Waals surface area contributed by atoms with Crippen LogP contribution in [-0.4, -0.2) is 107 Å². The summed E-state index contributed by atoms with van der Waals surface area (Å²) in [4.78, 5) is 96.9. The van der Waals surface area contributed by atoms with Crippen LogP contribution in [0.4, 0.5) is 0 Å². The Morgan fingerprint density at radius 3 is 2.07 bits per heavy atom. The van der Waals surface area contributed by atoms with Crippen LogP contribution in [0.1, 0.15) is 78.6 Å². The zero-order valence-electron chi connectivity index (χ0n) is 26.2. The van der Waals surface area contributed by atoms with E-state index >= 15 is 0 Å². The molecule has 1 aliphatic heterocycles. The summed E-state index contributed by atoms with van der Waals surface area (Å²) >= 11 is 2.81. The molecule has 45 heavy (non-hydrogen) atoms. The average molecular weight is 669 g/mol. The largest absolute Gasteiger partial charge is 0.370 e. The van der Waals surface area contributed by atoms with Gasteiger partial charge in [-0.3, -0.25) is 38.5 Å². The molecule has 0 bridgehead atoms. The summed E-state index contributed by atoms with van der Waals surface area (Å²) in [5, 5.41) is 9.83. The number of thioether (sulfide) groups is 2. The maximum atomic E-state index is 12.5. The van der Waals surface area contributed by atoms with E-state index in [4.69, 9.17) is 13.6 Å². The predicted molar refractivity (Wildman–Crippen MR) is 173 cm³/mol. The van der Waals surface area contributed by atoms with Gasteiger partial charge in [0, 0.05) is 25.8 Å². The Morgan fingerprint density at radius 2 is 1.44 bits per heavy atom. The first-order valence-electron chi connectivity index (χ1n) is 15.0. The van der Waals surface area contributed by atoms with E-state index in [1.807, 2.05) is 0 Å². The lowest BCUT2D eigenvalue weighted by Gasteiger charge is -2.20. The first-order chi connectivity index (χ1) is 21.2. The number of nitrogens with one attached hydrogen (secondary N) is 4. The van der Waals surface area contributed by atoms with Crippen molar-refractivity contribution in [3.8, 4) is 0 Å². The summed E-state index contributed by atoms with van der Waals surface area (Å²) < 4.78 is 0. The van der Waals surface area contributed by atoms with Crippen LogP contribution in [0.25, 0.3) is 0 Å². The standard InChI is InChI=1S/C28H45BN6O8S2/c1-17(25(40)31-16-44-13-6-4-5-9-21(29)36)33-27(42)19(3)34-26(41)18(2)32-23(38)11-8-14-45-20-15-24(39)35(28(20)43)12-7-10-22(30)37/h17-20H,4-16H2,1-3H3,(H2,30,37)(H,31,40)(H,32,38)(H,33,42)(H,34,41). The number of likely N-dealkylation sites (tertiary alicyclic amines) is 1. The third-order valence-corrected chi connectivity index (χ3v) is 8.93. The summed E-state index contributed by atoms with van der Waals surface area (Å²) in [7, 11) is 5.10. The third-order valence-electron chi connectivity index (χ3n) is 6.71. The summed E-state index contributed by atoms with van der Waals surface area (Å²) in [5.41, 5.74) is 4.78. The molecule has 1 saturated heterocycles. The Morgan fingerprint density at radius 1 is 0.822 bits per heavy atom. The lowest BCUT2D eigenvalue weighted by atomic mass is 9.97. The molecule has 1 rings (SSSR count). The van der Waals surface area contributed by atoms with E-state index in [9.17, 15) is 38.4 Å². The predicted octanol–water partition coefficient (Wildman–Crippen LogP) is -0.531. The fourth-order valence-electron chi connectivity index (χ4n) is 4.10. The molecule has 14 nitrogen and oxygen atoms in total. The second kappa shape index (κ2) is 21.6. The smallest absolute Gasteiger partial charge is 0.242 e. The Bertz CT molecular complexity index is 1080. The highest BCUT2D eigenvalue weighted by Gasteiger charge is 2.38. The van der Waals surface area contributed by atoms with Crippen LogP contribution < -0.4 is 27.0 Å². The van der Waals surface area contributed by atoms with Gasteiger partial charge >= 0.3 is 0 Å². The van der Waals surface area contributed by atoms with Crippen LogP contribution in [0.2, 0.25) is 0 Å². The molecule has 4 unspecified atom stereocenters. The molecule has 4 atom stereocenters. The average Bonchev–Trinajstić information content (AvgIpc) is 3.23. The molecular formula is C28H45BN6O8S2. The zero-order valence-corrected chi connectivity index (χ0v) is 27.8. The van der Waals surface area contributed by atoms with Crippen molar-refractivity contribution in [1.29, 1.82) is 0 Å². The number of hydrogen-bond acceptors (Lipinski definition) is 10. The molecule has 1 fully saturated rings. The van der Waals surface area contributed by atoms with Crippen LogP contribution in [0.15, 0.2) is 0 Å². The van der Waals surface area contributed by atoms with Gasteiger partial charge in [0.25, 0.3) is 0 Å². The van der Waals surface area contributed by atoms with Crippen LogP contribution in [0.3, 0.4) is 0 Å². The van der Waals surface area contributed by atoms with Crippen molar-refractivity contribution < 1.29 is 38.4 Å². The fraction of sp³-hybridized carbons (Fsp3) is 0.714. The van der Waals surface area contributed by atoms with Crippen molar-refractivity contribution in [2.75, 3.05) is 23.9 Å². The van der Waals surface area contributed by atoms with Gasteiger partial charge in [0.1, 0.15) is 18.1 Å². The molecule has 0 aliphatic carbocycles. The zero-order chi connectivity index (χ0) is 33.9. The normalized spacial score (nSPS) is 16.4. The van der Waals surface area contributed by atoms with Gasteiger partial charge in [-0.15, -0.1) is 23.5 Å². The van der Waals surface area contributed by atoms with E-state index in [1.165, 1.54) is 44.3 Å². The first-order valence-corrected chi connectivity index (χ1v) is 17.2. The minimum atomic E-state index is -0.958. The highest BCUT2D eigenvalue weighted by Crippen LogP contribution is 2.26. The Hall–Kier alpha value is -3.08. The Balaban J connectivity index is 2.26. The van der Waals surface area contributed by atoms with Crippen LogP contribution >= 0.6 is 23.5 Å². The summed E-state index contributed by atoms with van der Waals surface area (Å²) in [5.74, 6) is -1.36. The SMILES string of the molecule is [B]C(=O)CCCCCSCNC(=O)C(C)NC(=O)C(C)NC(=O)C(C)NC(=O)CCCSC1CC(=O)N(CCCC(N)=O)C1=O. The van der Waals surface area contributed by atoms with Crippen molar-refractivity contribution in [1.82, 2.24) is 26.2 Å². The van der Waals surface area contributed by atoms with E-state index in [0.29, 0.717) is 30.9 Å². The third kappa shape index (κ3) is 16.7. The lowest BCUT2D eigenvalue weighted by molar-refractivity contribution is -0.138. The van der Waals surface area contributed by atoms with Crippen molar-refractivity contribution in [3.05, 3.63) is 0 Å². The summed E-state index contributed by atoms with van der Waals surface area (Å²) in [6.07, 6.45) is 3.86. The Labute approximate surface area is 274 Å². The molecule has 1 heterocycles. The molecule has 0 aromatic rings. The fourth-order valence-corrected chi connectivity index (χ4v) is 6.02. The van der Waals surface area contributed by atoms with Gasteiger partial charge in [0.2, 0.25) is 41.4 Å². The summed E-state index contributed by atoms with van der Waals surface area (Å²) in [6.45, 7) is 4.62. The second-order valence-corrected chi connectivity index (χ2v) is 13.2. The number of amides is 7. The molecular weight excluding hydrogens is 623 g/mol. The summed E-state index contributed by atoms with van der Waals surface area (Å²) in [6, 6.07) is -2.71. The lowest BCUT2D eigenvalue weighted by Crippen LogP contribution is -2.54. The minimum absolute atomic E-state index is 0.0690. The number of carbonyl (C=O) groups is 8. The van der Waals surface area contributed by atoms with Gasteiger partial charge < -0.3 is 31.8 Å². The second-order valence-electron chi connectivity index (χ2n) is 10.7. The molecule has 250 valence electrons. The van der Waals surface area contributed by atoms with Crippen molar-refractivity contribution >= 4 is 78.4 Å². The molecule has 6 N–H and O–H groups in total. The molecule has 2 radical (unpaired) electrons. The van der Waals surface area contributed by atoms with E-state index in [-0.39, 0.29) is 55.1 Å². The number of primary amides is 1. The van der Waals surface area contributed by atoms with E-state index in [2.05, 4.69) is 21.3 Å². The first kappa shape index (κ1) is 39.9. The Kier molecular flexibility index (Phi) is 19.2. The number of rotatable bonds is 23. The molecule has 17 heteroatoms. The van der Waals surface area contributed by atoms with E-state index in [1.54, 1.807) is 0 Å². The highest BCUT2D eigenvalue weighted by molar-refractivity contribution is 8.00. The highest BCUT2D eigenvalue weighted by atomic mass is 32.2. The van der Waals surface area contributed by atoms with E-state index in [0.717, 1.165) is 29.9 Å². The van der Waals surface area contributed by atoms with Gasteiger partial charge in [-0.05, 0) is 64.4 Å². The molecule has 7 amide bonds. The number of imide groups is 1. The number of carbonyl (C=O) groups excluding carboxylic acids is 8. The number of hydrogen-bond donors (Lipinski definition) is 5. The van der Waals surface area contributed by atoms with Crippen molar-refractivity contribution in [2.24, 2.45) is 5.73 Å². The molecule has 1 aliphatic rings. The quantitative estimate of drug-likeness (QED) is 0.0406. The van der Waals surface area contributed by atoms with Gasteiger partial charge in [-0.1, -0.05) is 6.42 Å².